The van der Waals surface area contributed by atoms with E-state index in [1.54, 1.807) is 0 Å². The second kappa shape index (κ2) is 6.68. The molecular formula is C15H27N5. The summed E-state index contributed by atoms with van der Waals surface area (Å²) in [5.74, 6) is 0.901. The minimum Gasteiger partial charge on any atom is -0.308 e. The fraction of sp³-hybridized carbons (Fsp3) is 0.867. The van der Waals surface area contributed by atoms with Gasteiger partial charge >= 0.3 is 0 Å². The van der Waals surface area contributed by atoms with Gasteiger partial charge in [-0.2, -0.15) is 0 Å². The Morgan fingerprint density at radius 1 is 1.30 bits per heavy atom. The third-order valence-electron chi connectivity index (χ3n) is 4.56. The molecule has 0 radical (unpaired) electrons. The summed E-state index contributed by atoms with van der Waals surface area (Å²) in [7, 11) is 0. The maximum absolute atomic E-state index is 4.24. The molecule has 0 spiro atoms. The topological polar surface area (TPSA) is 46.0 Å². The highest BCUT2D eigenvalue weighted by Gasteiger charge is 2.21. The van der Waals surface area contributed by atoms with E-state index in [9.17, 15) is 0 Å². The van der Waals surface area contributed by atoms with Gasteiger partial charge in [0.2, 0.25) is 0 Å². The van der Waals surface area contributed by atoms with Gasteiger partial charge in [0.15, 0.2) is 0 Å². The molecule has 1 aliphatic carbocycles. The zero-order valence-corrected chi connectivity index (χ0v) is 12.6. The first-order valence-electron chi connectivity index (χ1n) is 8.18. The Bertz CT molecular complexity index is 412. The van der Waals surface area contributed by atoms with E-state index >= 15 is 0 Å². The van der Waals surface area contributed by atoms with Crippen molar-refractivity contribution in [3.8, 4) is 0 Å². The van der Waals surface area contributed by atoms with E-state index in [-0.39, 0.29) is 0 Å². The SMILES string of the molecule is CCC1CCCN(CCn2cc(CNC3CC3)nn2)C1. The number of rotatable bonds is 7. The molecule has 112 valence electrons. The highest BCUT2D eigenvalue weighted by Crippen LogP contribution is 2.19. The Kier molecular flexibility index (Phi) is 4.68. The molecule has 1 unspecified atom stereocenters. The van der Waals surface area contributed by atoms with E-state index in [0.717, 1.165) is 37.3 Å². The smallest absolute Gasteiger partial charge is 0.0964 e. The molecule has 1 saturated carbocycles. The molecule has 20 heavy (non-hydrogen) atoms. The molecule has 5 nitrogen and oxygen atoms in total. The van der Waals surface area contributed by atoms with Crippen LogP contribution in [-0.2, 0) is 13.1 Å². The molecule has 1 aromatic rings. The standard InChI is InChI=1S/C15H27N5/c1-2-13-4-3-7-19(11-13)8-9-20-12-15(17-18-20)10-16-14-5-6-14/h12-14,16H,2-11H2,1H3. The van der Waals surface area contributed by atoms with E-state index in [1.165, 1.54) is 45.2 Å². The van der Waals surface area contributed by atoms with Gasteiger partial charge in [-0.25, -0.2) is 0 Å². The van der Waals surface area contributed by atoms with Gasteiger partial charge in [-0.3, -0.25) is 4.68 Å². The zero-order valence-electron chi connectivity index (χ0n) is 12.6. The summed E-state index contributed by atoms with van der Waals surface area (Å²) in [6, 6.07) is 0.736. The minimum absolute atomic E-state index is 0.736. The van der Waals surface area contributed by atoms with Gasteiger partial charge in [-0.15, -0.1) is 5.10 Å². The summed E-state index contributed by atoms with van der Waals surface area (Å²) >= 11 is 0. The van der Waals surface area contributed by atoms with Crippen molar-refractivity contribution >= 4 is 0 Å². The summed E-state index contributed by atoms with van der Waals surface area (Å²) in [5, 5.41) is 12.0. The maximum atomic E-state index is 4.24. The maximum Gasteiger partial charge on any atom is 0.0964 e. The lowest BCUT2D eigenvalue weighted by molar-refractivity contribution is 0.164. The second-order valence-electron chi connectivity index (χ2n) is 6.35. The largest absolute Gasteiger partial charge is 0.308 e. The Morgan fingerprint density at radius 2 is 2.20 bits per heavy atom. The molecule has 2 fully saturated rings. The quantitative estimate of drug-likeness (QED) is 0.823. The van der Waals surface area contributed by atoms with E-state index in [0.29, 0.717) is 0 Å². The van der Waals surface area contributed by atoms with Gasteiger partial charge in [0.1, 0.15) is 0 Å². The van der Waals surface area contributed by atoms with Crippen LogP contribution in [0.5, 0.6) is 0 Å². The molecule has 1 aromatic heterocycles. The molecule has 1 atom stereocenters. The van der Waals surface area contributed by atoms with Crippen molar-refractivity contribution < 1.29 is 0 Å². The number of hydrogen-bond donors (Lipinski definition) is 1. The molecule has 1 N–H and O–H groups in total. The number of nitrogens with one attached hydrogen (secondary N) is 1. The predicted octanol–water partition coefficient (Wildman–Crippen LogP) is 1.65. The van der Waals surface area contributed by atoms with E-state index < -0.39 is 0 Å². The Labute approximate surface area is 121 Å². The molecule has 0 bridgehead atoms. The molecular weight excluding hydrogens is 250 g/mol. The summed E-state index contributed by atoms with van der Waals surface area (Å²) in [6.07, 6.45) is 8.82. The lowest BCUT2D eigenvalue weighted by atomic mass is 9.96. The van der Waals surface area contributed by atoms with Crippen molar-refractivity contribution in [1.82, 2.24) is 25.2 Å². The Balaban J connectivity index is 1.40. The van der Waals surface area contributed by atoms with Gasteiger partial charge < -0.3 is 10.2 Å². The van der Waals surface area contributed by atoms with Crippen molar-refractivity contribution in [2.75, 3.05) is 19.6 Å². The molecule has 2 aliphatic rings. The molecule has 2 heterocycles. The lowest BCUT2D eigenvalue weighted by Crippen LogP contribution is -2.37. The van der Waals surface area contributed by atoms with Crippen LogP contribution in [0.4, 0.5) is 0 Å². The normalized spacial score (nSPS) is 24.1. The van der Waals surface area contributed by atoms with Crippen molar-refractivity contribution in [1.29, 1.82) is 0 Å². The predicted molar refractivity (Wildman–Crippen MR) is 79.3 cm³/mol. The number of hydrogen-bond acceptors (Lipinski definition) is 4. The number of nitrogens with zero attached hydrogens (tertiary/aromatic N) is 4. The van der Waals surface area contributed by atoms with Gasteiger partial charge in [-0.05, 0) is 38.1 Å². The summed E-state index contributed by atoms with van der Waals surface area (Å²) in [4.78, 5) is 2.58. The van der Waals surface area contributed by atoms with Crippen LogP contribution >= 0.6 is 0 Å². The molecule has 3 rings (SSSR count). The minimum atomic E-state index is 0.736. The van der Waals surface area contributed by atoms with Crippen molar-refractivity contribution in [3.63, 3.8) is 0 Å². The van der Waals surface area contributed by atoms with Gasteiger partial charge in [-0.1, -0.05) is 18.6 Å². The van der Waals surface area contributed by atoms with Crippen LogP contribution in [0.3, 0.4) is 0 Å². The highest BCUT2D eigenvalue weighted by molar-refractivity contribution is 4.94. The summed E-state index contributed by atoms with van der Waals surface area (Å²) in [6.45, 7) is 7.77. The highest BCUT2D eigenvalue weighted by atomic mass is 15.4. The fourth-order valence-electron chi connectivity index (χ4n) is 3.00. The van der Waals surface area contributed by atoms with E-state index in [2.05, 4.69) is 33.6 Å². The first kappa shape index (κ1) is 14.0. The zero-order chi connectivity index (χ0) is 13.8. The van der Waals surface area contributed by atoms with Crippen LogP contribution in [0.25, 0.3) is 0 Å². The van der Waals surface area contributed by atoms with Crippen LogP contribution in [0.1, 0.15) is 44.7 Å². The Morgan fingerprint density at radius 3 is 3.00 bits per heavy atom. The van der Waals surface area contributed by atoms with Gasteiger partial charge in [0.25, 0.3) is 0 Å². The molecule has 1 saturated heterocycles. The van der Waals surface area contributed by atoms with Crippen molar-refractivity contribution in [2.45, 2.75) is 58.2 Å². The fourth-order valence-corrected chi connectivity index (χ4v) is 3.00. The first-order chi connectivity index (χ1) is 9.83. The van der Waals surface area contributed by atoms with E-state index in [4.69, 9.17) is 0 Å². The van der Waals surface area contributed by atoms with Crippen LogP contribution in [0, 0.1) is 5.92 Å². The van der Waals surface area contributed by atoms with Crippen molar-refractivity contribution in [2.24, 2.45) is 5.92 Å². The molecule has 0 aromatic carbocycles. The second-order valence-corrected chi connectivity index (χ2v) is 6.35. The number of likely N-dealkylation sites (tertiary alicyclic amines) is 1. The van der Waals surface area contributed by atoms with Gasteiger partial charge in [0, 0.05) is 31.9 Å². The average molecular weight is 277 g/mol. The van der Waals surface area contributed by atoms with Crippen LogP contribution < -0.4 is 5.32 Å². The lowest BCUT2D eigenvalue weighted by Gasteiger charge is -2.32. The first-order valence-corrected chi connectivity index (χ1v) is 8.18. The van der Waals surface area contributed by atoms with Gasteiger partial charge in [0.05, 0.1) is 12.2 Å². The van der Waals surface area contributed by atoms with Crippen LogP contribution in [0.2, 0.25) is 0 Å². The Hall–Kier alpha value is -0.940. The van der Waals surface area contributed by atoms with E-state index in [1.807, 2.05) is 4.68 Å². The molecule has 1 aliphatic heterocycles. The van der Waals surface area contributed by atoms with Crippen LogP contribution in [0.15, 0.2) is 6.20 Å². The third-order valence-corrected chi connectivity index (χ3v) is 4.56. The summed E-state index contributed by atoms with van der Waals surface area (Å²) < 4.78 is 2.00. The van der Waals surface area contributed by atoms with Crippen molar-refractivity contribution in [3.05, 3.63) is 11.9 Å². The summed E-state index contributed by atoms with van der Waals surface area (Å²) in [5.41, 5.74) is 1.07. The third kappa shape index (κ3) is 4.03. The average Bonchev–Trinajstić information content (AvgIpc) is 3.21. The molecule has 5 heteroatoms. The van der Waals surface area contributed by atoms with Crippen LogP contribution in [-0.4, -0.2) is 45.6 Å². The number of piperidine rings is 1. The monoisotopic (exact) mass is 277 g/mol. The molecule has 0 amide bonds. The number of aromatic nitrogens is 3.